The molecule has 10 heteroatoms. The first kappa shape index (κ1) is 17.4. The summed E-state index contributed by atoms with van der Waals surface area (Å²) in [5.74, 6) is 0. The second-order valence-electron chi connectivity index (χ2n) is 4.81. The van der Waals surface area contributed by atoms with Crippen molar-refractivity contribution in [1.82, 2.24) is 4.57 Å². The first-order valence-corrected chi connectivity index (χ1v) is 11.9. The van der Waals surface area contributed by atoms with E-state index in [2.05, 4.69) is 21.7 Å². The molecule has 1 heterocycles. The molecule has 0 aliphatic rings. The van der Waals surface area contributed by atoms with Crippen molar-refractivity contribution >= 4 is 47.0 Å². The summed E-state index contributed by atoms with van der Waals surface area (Å²) in [7, 11) is 1.99. The van der Waals surface area contributed by atoms with Crippen molar-refractivity contribution in [2.24, 2.45) is 7.05 Å². The normalized spacial score (nSPS) is 14.5. The summed E-state index contributed by atoms with van der Waals surface area (Å²) >= 11 is -11.2. The Morgan fingerprint density at radius 3 is 1.96 bits per heavy atom. The summed E-state index contributed by atoms with van der Waals surface area (Å²) in [5, 5.41) is 11.3. The van der Waals surface area contributed by atoms with Crippen LogP contribution in [0.5, 0.6) is 0 Å². The third kappa shape index (κ3) is 4.76. The van der Waals surface area contributed by atoms with Gasteiger partial charge in [0.25, 0.3) is 0 Å². The van der Waals surface area contributed by atoms with Crippen LogP contribution in [0.3, 0.4) is 0 Å². The van der Waals surface area contributed by atoms with E-state index in [0.29, 0.717) is 5.69 Å². The topological polar surface area (TPSA) is 33.1 Å². The molecule has 3 rings (SSSR count). The molecule has 1 aromatic heterocycles. The van der Waals surface area contributed by atoms with Crippen LogP contribution in [0.2, 0.25) is 0 Å². The van der Waals surface area contributed by atoms with Crippen LogP contribution in [0.1, 0.15) is 0 Å². The Bertz CT molecular complexity index is 926. The van der Waals surface area contributed by atoms with E-state index < -0.39 is 19.5 Å². The van der Waals surface area contributed by atoms with Crippen molar-refractivity contribution in [3.8, 4) is 0 Å². The molecule has 0 N–H and O–H groups in total. The molecular formula is C13H10F6N3Sb. The molecule has 3 nitrogen and oxygen atoms in total. The van der Waals surface area contributed by atoms with Crippen molar-refractivity contribution in [3.05, 3.63) is 47.4 Å². The quantitative estimate of drug-likeness (QED) is 0.240. The van der Waals surface area contributed by atoms with Crippen LogP contribution >= 0.6 is 0 Å². The van der Waals surface area contributed by atoms with Crippen LogP contribution in [0, 0.1) is 5.39 Å². The van der Waals surface area contributed by atoms with Crippen LogP contribution in [0.4, 0.5) is 22.6 Å². The van der Waals surface area contributed by atoms with Crippen molar-refractivity contribution in [2.45, 2.75) is 0 Å². The van der Waals surface area contributed by atoms with Gasteiger partial charge in [-0.05, 0) is 6.07 Å². The third-order valence-electron chi connectivity index (χ3n) is 3.01. The maximum absolute atomic E-state index is 11.2. The second-order valence-corrected chi connectivity index (χ2v) is 10.3. The molecule has 0 saturated carbocycles. The SMILES string of the molecule is Cn1c2ccccc2c2cccc([N+]#N)c21.[F][Sb-]([F])([F])([F])([F])[F]. The first-order chi connectivity index (χ1) is 10.3. The van der Waals surface area contributed by atoms with E-state index in [4.69, 9.17) is 5.39 Å². The Labute approximate surface area is 128 Å². The van der Waals surface area contributed by atoms with Crippen molar-refractivity contribution < 1.29 is 16.9 Å². The average molecular weight is 444 g/mol. The number of rotatable bonds is 0. The summed E-state index contributed by atoms with van der Waals surface area (Å²) in [6.07, 6.45) is 0. The van der Waals surface area contributed by atoms with Gasteiger partial charge < -0.3 is 4.57 Å². The van der Waals surface area contributed by atoms with Crippen molar-refractivity contribution in [1.29, 1.82) is 5.39 Å². The van der Waals surface area contributed by atoms with E-state index in [1.807, 2.05) is 31.3 Å². The monoisotopic (exact) mass is 443 g/mol. The maximum atomic E-state index is 9.93. The van der Waals surface area contributed by atoms with Crippen LogP contribution in [-0.4, -0.2) is 24.0 Å². The molecule has 3 aromatic rings. The first-order valence-electron chi connectivity index (χ1n) is 6.15. The second kappa shape index (κ2) is 4.78. The van der Waals surface area contributed by atoms with E-state index in [9.17, 15) is 16.9 Å². The molecule has 0 bridgehead atoms. The summed E-state index contributed by atoms with van der Waals surface area (Å²) in [4.78, 5) is 3.33. The van der Waals surface area contributed by atoms with Gasteiger partial charge in [-0.1, -0.05) is 30.3 Å². The van der Waals surface area contributed by atoms with Crippen molar-refractivity contribution in [2.75, 3.05) is 0 Å². The molecule has 0 saturated heterocycles. The summed E-state index contributed by atoms with van der Waals surface area (Å²) in [5.41, 5.74) is 2.72. The molecule has 2 aromatic carbocycles. The molecule has 0 amide bonds. The number of aryl methyl sites for hydroxylation is 1. The van der Waals surface area contributed by atoms with Gasteiger partial charge in [0.05, 0.1) is 0 Å². The van der Waals surface area contributed by atoms with Gasteiger partial charge in [0, 0.05) is 29.4 Å². The van der Waals surface area contributed by atoms with E-state index in [0.717, 1.165) is 16.4 Å². The minimum absolute atomic E-state index is 0.608. The molecule has 0 spiro atoms. The Morgan fingerprint density at radius 2 is 1.39 bits per heavy atom. The number of hydrogen-bond acceptors (Lipinski definition) is 1. The molecule has 0 fully saturated rings. The Kier molecular flexibility index (Phi) is 3.62. The average Bonchev–Trinajstić information content (AvgIpc) is 2.70. The molecule has 0 unspecified atom stereocenters. The van der Waals surface area contributed by atoms with Gasteiger partial charge in [-0.15, -0.1) is 0 Å². The van der Waals surface area contributed by atoms with Crippen molar-refractivity contribution in [3.63, 3.8) is 0 Å². The van der Waals surface area contributed by atoms with Gasteiger partial charge in [-0.2, -0.15) is 0 Å². The Balaban J connectivity index is 0.000000236. The summed E-state index contributed by atoms with van der Waals surface area (Å²) in [6, 6.07) is 13.9. The van der Waals surface area contributed by atoms with Crippen LogP contribution in [-0.2, 0) is 7.05 Å². The number of diazo groups is 1. The number of para-hydroxylation sites is 2. The standard InChI is InChI=1S/C13H10N3.6FH.Sb/c1-16-12-8-3-2-5-9(12)10-6-4-7-11(15-14)13(10)16;;;;;;;/h2-8H,1H3;6*1H;/q+1;;;;;;;+5/p-6. The predicted molar refractivity (Wildman–Crippen MR) is 77.6 cm³/mol. The van der Waals surface area contributed by atoms with Gasteiger partial charge in [-0.3, -0.25) is 0 Å². The van der Waals surface area contributed by atoms with Gasteiger partial charge in [0.15, 0.2) is 4.98 Å². The third-order valence-corrected chi connectivity index (χ3v) is 3.01. The zero-order valence-electron chi connectivity index (χ0n) is 11.6. The fraction of sp³-hybridized carbons (Fsp3) is 0.0769. The zero-order valence-corrected chi connectivity index (χ0v) is 14.2. The Hall–Kier alpha value is -1.94. The molecule has 124 valence electrons. The van der Waals surface area contributed by atoms with Gasteiger partial charge in [-0.25, -0.2) is 0 Å². The number of nitrogens with zero attached hydrogens (tertiary/aromatic N) is 3. The van der Waals surface area contributed by atoms with E-state index in [-0.39, 0.29) is 0 Å². The van der Waals surface area contributed by atoms with E-state index in [1.54, 1.807) is 6.07 Å². The van der Waals surface area contributed by atoms with Crippen LogP contribution < -0.4 is 0 Å². The van der Waals surface area contributed by atoms with Gasteiger partial charge >= 0.3 is 42.0 Å². The number of fused-ring (bicyclic) bond motifs is 3. The molecule has 23 heavy (non-hydrogen) atoms. The van der Waals surface area contributed by atoms with E-state index >= 15 is 0 Å². The van der Waals surface area contributed by atoms with E-state index in [1.165, 1.54) is 5.39 Å². The molecule has 0 aliphatic carbocycles. The van der Waals surface area contributed by atoms with Crippen LogP contribution in [0.25, 0.3) is 26.8 Å². The Morgan fingerprint density at radius 1 is 0.870 bits per heavy atom. The molecular weight excluding hydrogens is 434 g/mol. The van der Waals surface area contributed by atoms with Gasteiger partial charge in [0.2, 0.25) is 5.39 Å². The molecule has 0 atom stereocenters. The number of benzene rings is 2. The summed E-state index contributed by atoms with van der Waals surface area (Å²) in [6.45, 7) is 0. The zero-order chi connectivity index (χ0) is 17.5. The fourth-order valence-corrected chi connectivity index (χ4v) is 2.30. The molecule has 0 aliphatic heterocycles. The minimum atomic E-state index is -11.2. The number of halogens is 6. The van der Waals surface area contributed by atoms with Gasteiger partial charge in [0.1, 0.15) is 5.52 Å². The summed E-state index contributed by atoms with van der Waals surface area (Å²) < 4.78 is 61.6. The van der Waals surface area contributed by atoms with Crippen LogP contribution in [0.15, 0.2) is 42.5 Å². The molecule has 0 radical (unpaired) electrons. The number of aromatic nitrogens is 1. The number of hydrogen-bond donors (Lipinski definition) is 0. The fourth-order valence-electron chi connectivity index (χ4n) is 2.30. The predicted octanol–water partition coefficient (Wildman–Crippen LogP) is 5.96.